The lowest BCUT2D eigenvalue weighted by Gasteiger charge is -2.25. The predicted octanol–water partition coefficient (Wildman–Crippen LogP) is 1.11. The summed E-state index contributed by atoms with van der Waals surface area (Å²) in [5.41, 5.74) is 2.85. The lowest BCUT2D eigenvalue weighted by Crippen LogP contribution is -2.47. The summed E-state index contributed by atoms with van der Waals surface area (Å²) in [5.74, 6) is 0. The summed E-state index contributed by atoms with van der Waals surface area (Å²) in [7, 11) is -0.938. The standard InChI is InChI=1S/C8H21NSi2/c1-6-10-7-9-8(2)11(3,4)5/h6,8-9H,1,7,10H2,2-5H3. The molecule has 1 unspecified atom stereocenters. The van der Waals surface area contributed by atoms with Crippen LogP contribution in [0.15, 0.2) is 12.3 Å². The fourth-order valence-electron chi connectivity index (χ4n) is 0.708. The summed E-state index contributed by atoms with van der Waals surface area (Å²) < 4.78 is 0. The minimum atomic E-state index is -0.934. The lowest BCUT2D eigenvalue weighted by molar-refractivity contribution is 0.739. The van der Waals surface area contributed by atoms with E-state index in [2.05, 4.69) is 44.2 Å². The molecule has 0 saturated carbocycles. The third-order valence-electron chi connectivity index (χ3n) is 2.10. The quantitative estimate of drug-likeness (QED) is 0.502. The Morgan fingerprint density at radius 1 is 1.55 bits per heavy atom. The maximum absolute atomic E-state index is 3.75. The Kier molecular flexibility index (Phi) is 4.96. The summed E-state index contributed by atoms with van der Waals surface area (Å²) in [6, 6.07) is 0. The highest BCUT2D eigenvalue weighted by Crippen LogP contribution is 2.05. The topological polar surface area (TPSA) is 12.0 Å². The van der Waals surface area contributed by atoms with Gasteiger partial charge in [-0.3, -0.25) is 0 Å². The molecule has 66 valence electrons. The zero-order chi connectivity index (χ0) is 8.91. The number of nitrogens with one attached hydrogen (secondary N) is 1. The largest absolute Gasteiger partial charge is 0.320 e. The van der Waals surface area contributed by atoms with Crippen LogP contribution in [0.25, 0.3) is 0 Å². The first-order valence-corrected chi connectivity index (χ1v) is 9.72. The average molecular weight is 187 g/mol. The van der Waals surface area contributed by atoms with Crippen molar-refractivity contribution < 1.29 is 0 Å². The zero-order valence-corrected chi connectivity index (χ0v) is 10.7. The van der Waals surface area contributed by atoms with E-state index in [1.54, 1.807) is 0 Å². The molecule has 0 aliphatic heterocycles. The van der Waals surface area contributed by atoms with Gasteiger partial charge in [-0.25, -0.2) is 0 Å². The average Bonchev–Trinajstić information content (AvgIpc) is 1.86. The van der Waals surface area contributed by atoms with Gasteiger partial charge in [0.25, 0.3) is 0 Å². The van der Waals surface area contributed by atoms with E-state index < -0.39 is 8.07 Å². The number of hydrogen-bond acceptors (Lipinski definition) is 1. The normalized spacial score (nSPS) is 15.6. The van der Waals surface area contributed by atoms with Gasteiger partial charge in [-0.05, 0) is 11.8 Å². The van der Waals surface area contributed by atoms with Gasteiger partial charge >= 0.3 is 0 Å². The molecule has 0 aliphatic carbocycles. The molecule has 0 fully saturated rings. The molecule has 11 heavy (non-hydrogen) atoms. The SMILES string of the molecule is C=C[SiH2]CNC(C)[Si](C)(C)C. The van der Waals surface area contributed by atoms with Crippen molar-refractivity contribution in [2.45, 2.75) is 32.2 Å². The van der Waals surface area contributed by atoms with Gasteiger partial charge in [0.15, 0.2) is 0 Å². The maximum Gasteiger partial charge on any atom is 0.0631 e. The second kappa shape index (κ2) is 4.90. The Morgan fingerprint density at radius 3 is 2.45 bits per heavy atom. The summed E-state index contributed by atoms with van der Waals surface area (Å²) in [5, 5.41) is 3.58. The van der Waals surface area contributed by atoms with Crippen LogP contribution in [0.2, 0.25) is 19.6 Å². The van der Waals surface area contributed by atoms with E-state index in [0.29, 0.717) is 0 Å². The fourth-order valence-corrected chi connectivity index (χ4v) is 2.56. The highest BCUT2D eigenvalue weighted by atomic mass is 28.3. The van der Waals surface area contributed by atoms with Gasteiger partial charge in [0.1, 0.15) is 0 Å². The highest BCUT2D eigenvalue weighted by molar-refractivity contribution is 6.77. The van der Waals surface area contributed by atoms with E-state index >= 15 is 0 Å². The van der Waals surface area contributed by atoms with Crippen LogP contribution >= 0.6 is 0 Å². The van der Waals surface area contributed by atoms with E-state index in [9.17, 15) is 0 Å². The van der Waals surface area contributed by atoms with E-state index in [0.717, 1.165) is 5.67 Å². The summed E-state index contributed by atoms with van der Waals surface area (Å²) in [6.45, 7) is 13.3. The summed E-state index contributed by atoms with van der Waals surface area (Å²) in [6.07, 6.45) is 1.22. The van der Waals surface area contributed by atoms with Gasteiger partial charge in [-0.15, -0.1) is 12.3 Å². The van der Waals surface area contributed by atoms with Gasteiger partial charge < -0.3 is 5.32 Å². The first kappa shape index (κ1) is 11.1. The van der Waals surface area contributed by atoms with Crippen molar-refractivity contribution >= 4 is 17.6 Å². The van der Waals surface area contributed by atoms with Crippen molar-refractivity contribution in [3.8, 4) is 0 Å². The van der Waals surface area contributed by atoms with Crippen LogP contribution in [0.4, 0.5) is 0 Å². The van der Waals surface area contributed by atoms with Crippen molar-refractivity contribution in [2.24, 2.45) is 0 Å². The molecule has 3 heteroatoms. The smallest absolute Gasteiger partial charge is 0.0631 e. The van der Waals surface area contributed by atoms with Gasteiger partial charge in [-0.1, -0.05) is 26.6 Å². The molecule has 0 aromatic carbocycles. The van der Waals surface area contributed by atoms with Crippen LogP contribution in [0.3, 0.4) is 0 Å². The highest BCUT2D eigenvalue weighted by Gasteiger charge is 2.20. The van der Waals surface area contributed by atoms with E-state index in [4.69, 9.17) is 0 Å². The first-order valence-electron chi connectivity index (χ1n) is 4.32. The third kappa shape index (κ3) is 5.41. The predicted molar refractivity (Wildman–Crippen MR) is 59.6 cm³/mol. The van der Waals surface area contributed by atoms with Crippen molar-refractivity contribution in [1.82, 2.24) is 5.32 Å². The molecule has 1 nitrogen and oxygen atoms in total. The van der Waals surface area contributed by atoms with Crippen molar-refractivity contribution in [3.63, 3.8) is 0 Å². The van der Waals surface area contributed by atoms with E-state index in [1.807, 2.05) is 0 Å². The van der Waals surface area contributed by atoms with Gasteiger partial charge in [0.05, 0.1) is 17.6 Å². The second-order valence-corrected chi connectivity index (χ2v) is 11.4. The number of rotatable bonds is 5. The van der Waals surface area contributed by atoms with Gasteiger partial charge in [-0.2, -0.15) is 0 Å². The molecule has 1 atom stereocenters. The van der Waals surface area contributed by atoms with Crippen molar-refractivity contribution in [3.05, 3.63) is 12.3 Å². The molecule has 0 spiro atoms. The lowest BCUT2D eigenvalue weighted by atomic mass is 10.7. The van der Waals surface area contributed by atoms with Crippen LogP contribution in [0.1, 0.15) is 6.92 Å². The molecule has 0 saturated heterocycles. The monoisotopic (exact) mass is 187 g/mol. The van der Waals surface area contributed by atoms with E-state index in [1.165, 1.54) is 6.17 Å². The minimum absolute atomic E-state index is 0.00406. The molecule has 0 heterocycles. The Morgan fingerprint density at radius 2 is 2.09 bits per heavy atom. The van der Waals surface area contributed by atoms with Crippen LogP contribution in [0.5, 0.6) is 0 Å². The maximum atomic E-state index is 3.75. The Balaban J connectivity index is 3.52. The molecule has 1 N–H and O–H groups in total. The Bertz CT molecular complexity index is 118. The fraction of sp³-hybridized carbons (Fsp3) is 0.750. The second-order valence-electron chi connectivity index (χ2n) is 4.12. The Labute approximate surface area is 74.1 Å². The molecule has 0 aliphatic rings. The molecule has 0 amide bonds. The van der Waals surface area contributed by atoms with Crippen LogP contribution in [-0.4, -0.2) is 29.4 Å². The van der Waals surface area contributed by atoms with Gasteiger partial charge in [0, 0.05) is 0 Å². The molecule has 0 bridgehead atoms. The molecule has 0 aromatic heterocycles. The molecule has 0 aromatic rings. The van der Waals surface area contributed by atoms with E-state index in [-0.39, 0.29) is 9.52 Å². The zero-order valence-electron chi connectivity index (χ0n) is 8.28. The van der Waals surface area contributed by atoms with Crippen LogP contribution in [-0.2, 0) is 0 Å². The Hall–Kier alpha value is 0.134. The molecule has 0 rings (SSSR count). The first-order chi connectivity index (χ1) is 4.98. The summed E-state index contributed by atoms with van der Waals surface area (Å²) in [4.78, 5) is 0. The van der Waals surface area contributed by atoms with Crippen molar-refractivity contribution in [1.29, 1.82) is 0 Å². The number of hydrogen-bond donors (Lipinski definition) is 1. The minimum Gasteiger partial charge on any atom is -0.320 e. The molecule has 0 radical (unpaired) electrons. The molecular weight excluding hydrogens is 166 g/mol. The van der Waals surface area contributed by atoms with Crippen molar-refractivity contribution in [2.75, 3.05) is 6.17 Å². The molecular formula is C8H21NSi2. The summed E-state index contributed by atoms with van der Waals surface area (Å²) >= 11 is 0. The van der Waals surface area contributed by atoms with Crippen LogP contribution < -0.4 is 5.32 Å². The van der Waals surface area contributed by atoms with Crippen LogP contribution in [0, 0.1) is 0 Å². The third-order valence-corrected chi connectivity index (χ3v) is 5.89. The van der Waals surface area contributed by atoms with Gasteiger partial charge in [0.2, 0.25) is 0 Å².